The lowest BCUT2D eigenvalue weighted by Gasteiger charge is -2.32. The molecule has 1 fully saturated rings. The van der Waals surface area contributed by atoms with Crippen LogP contribution in [0.25, 0.3) is 0 Å². The largest absolute Gasteiger partial charge is 0.492 e. The molecule has 1 aromatic carbocycles. The number of pyridine rings is 1. The van der Waals surface area contributed by atoms with Gasteiger partial charge < -0.3 is 9.64 Å². The van der Waals surface area contributed by atoms with Crippen LogP contribution in [-0.2, 0) is 0 Å². The van der Waals surface area contributed by atoms with Gasteiger partial charge in [-0.1, -0.05) is 42.4 Å². The van der Waals surface area contributed by atoms with Gasteiger partial charge in [0.15, 0.2) is 5.17 Å². The fraction of sp³-hybridized carbons (Fsp3) is 0.400. The average Bonchev–Trinajstić information content (AvgIpc) is 3.23. The Morgan fingerprint density at radius 2 is 2.15 bits per heavy atom. The molecule has 4 nitrogen and oxygen atoms in total. The van der Waals surface area contributed by atoms with E-state index in [1.807, 2.05) is 49.1 Å². The molecule has 0 saturated carbocycles. The first-order valence-electron chi connectivity index (χ1n) is 9.05. The van der Waals surface area contributed by atoms with Gasteiger partial charge in [0.25, 0.3) is 0 Å². The van der Waals surface area contributed by atoms with Crippen LogP contribution in [0.5, 0.6) is 5.75 Å². The molecule has 0 bridgehead atoms. The normalized spacial score (nSPS) is 24.5. The minimum atomic E-state index is -0.0120. The highest BCUT2D eigenvalue weighted by atomic mass is 35.5. The summed E-state index contributed by atoms with van der Waals surface area (Å²) < 4.78 is 5.60. The zero-order valence-corrected chi connectivity index (χ0v) is 16.5. The maximum absolute atomic E-state index is 6.49. The van der Waals surface area contributed by atoms with Crippen molar-refractivity contribution in [2.24, 2.45) is 4.99 Å². The molecule has 2 aromatic rings. The average molecular weight is 388 g/mol. The Bertz CT molecular complexity index is 814. The van der Waals surface area contributed by atoms with Crippen molar-refractivity contribution >= 4 is 28.5 Å². The summed E-state index contributed by atoms with van der Waals surface area (Å²) in [6.45, 7) is 4.81. The molecule has 2 aliphatic heterocycles. The molecule has 0 amide bonds. The third kappa shape index (κ3) is 3.08. The zero-order chi connectivity index (χ0) is 18.1. The number of fused-ring (bicyclic) bond motifs is 1. The van der Waals surface area contributed by atoms with Gasteiger partial charge in [-0.25, -0.2) is 0 Å². The fourth-order valence-corrected chi connectivity index (χ4v) is 5.26. The Kier molecular flexibility index (Phi) is 5.09. The molecule has 1 saturated heterocycles. The second kappa shape index (κ2) is 7.49. The van der Waals surface area contributed by atoms with E-state index in [1.54, 1.807) is 0 Å². The van der Waals surface area contributed by atoms with Crippen LogP contribution in [0.3, 0.4) is 0 Å². The van der Waals surface area contributed by atoms with Gasteiger partial charge in [-0.2, -0.15) is 0 Å². The van der Waals surface area contributed by atoms with Crippen molar-refractivity contribution in [3.8, 4) is 5.75 Å². The molecule has 6 heteroatoms. The summed E-state index contributed by atoms with van der Waals surface area (Å²) in [6, 6.07) is 12.7. The molecule has 0 spiro atoms. The van der Waals surface area contributed by atoms with Gasteiger partial charge in [-0.15, -0.1) is 0 Å². The van der Waals surface area contributed by atoms with E-state index >= 15 is 0 Å². The smallest absolute Gasteiger partial charge is 0.160 e. The SMILES string of the molecule is CCOc1ccc(C2C(c3ccccn3)N=C3SCC(CC)N32)cc1Cl. The number of ether oxygens (including phenoxy) is 1. The second-order valence-electron chi connectivity index (χ2n) is 6.46. The van der Waals surface area contributed by atoms with E-state index in [2.05, 4.69) is 28.9 Å². The molecule has 26 heavy (non-hydrogen) atoms. The molecule has 3 atom stereocenters. The standard InChI is InChI=1S/C20H22ClN3OS/c1-3-14-12-26-20-23-18(16-7-5-6-10-22-16)19(24(14)20)13-8-9-17(25-4-2)15(21)11-13/h5-11,14,18-19H,3-4,12H2,1-2H3. The topological polar surface area (TPSA) is 37.7 Å². The summed E-state index contributed by atoms with van der Waals surface area (Å²) in [5, 5.41) is 1.78. The number of thioether (sulfide) groups is 1. The van der Waals surface area contributed by atoms with E-state index in [0.29, 0.717) is 17.7 Å². The van der Waals surface area contributed by atoms with Crippen molar-refractivity contribution in [1.82, 2.24) is 9.88 Å². The quantitative estimate of drug-likeness (QED) is 0.714. The summed E-state index contributed by atoms with van der Waals surface area (Å²) in [6.07, 6.45) is 2.94. The van der Waals surface area contributed by atoms with Crippen LogP contribution in [0.15, 0.2) is 47.6 Å². The zero-order valence-electron chi connectivity index (χ0n) is 14.9. The Morgan fingerprint density at radius 1 is 1.27 bits per heavy atom. The van der Waals surface area contributed by atoms with Gasteiger partial charge in [-0.05, 0) is 43.2 Å². The Hall–Kier alpha value is -1.72. The first kappa shape index (κ1) is 17.7. The monoisotopic (exact) mass is 387 g/mol. The lowest BCUT2D eigenvalue weighted by Crippen LogP contribution is -2.35. The number of amidine groups is 1. The predicted octanol–water partition coefficient (Wildman–Crippen LogP) is 5.11. The molecule has 0 aliphatic carbocycles. The third-order valence-electron chi connectivity index (χ3n) is 4.93. The molecule has 3 heterocycles. The van der Waals surface area contributed by atoms with Crippen LogP contribution >= 0.6 is 23.4 Å². The first-order valence-corrected chi connectivity index (χ1v) is 10.4. The lowest BCUT2D eigenvalue weighted by molar-refractivity contribution is 0.255. The van der Waals surface area contributed by atoms with Crippen molar-refractivity contribution in [2.45, 2.75) is 38.4 Å². The van der Waals surface area contributed by atoms with E-state index in [-0.39, 0.29) is 12.1 Å². The second-order valence-corrected chi connectivity index (χ2v) is 7.85. The van der Waals surface area contributed by atoms with Crippen LogP contribution in [0.4, 0.5) is 0 Å². The maximum Gasteiger partial charge on any atom is 0.160 e. The van der Waals surface area contributed by atoms with Crippen LogP contribution < -0.4 is 4.74 Å². The van der Waals surface area contributed by atoms with Crippen molar-refractivity contribution in [1.29, 1.82) is 0 Å². The minimum Gasteiger partial charge on any atom is -0.492 e. The number of hydrogen-bond acceptors (Lipinski definition) is 5. The number of benzene rings is 1. The molecular formula is C20H22ClN3OS. The van der Waals surface area contributed by atoms with Crippen molar-refractivity contribution in [2.75, 3.05) is 12.4 Å². The molecule has 4 rings (SSSR count). The molecule has 1 aromatic heterocycles. The Balaban J connectivity index is 1.76. The number of halogens is 1. The highest BCUT2D eigenvalue weighted by Crippen LogP contribution is 2.49. The molecular weight excluding hydrogens is 366 g/mol. The van der Waals surface area contributed by atoms with E-state index in [0.717, 1.165) is 34.3 Å². The van der Waals surface area contributed by atoms with Gasteiger partial charge in [0, 0.05) is 18.0 Å². The summed E-state index contributed by atoms with van der Waals surface area (Å²) in [5.41, 5.74) is 2.16. The summed E-state index contributed by atoms with van der Waals surface area (Å²) in [7, 11) is 0. The van der Waals surface area contributed by atoms with Gasteiger partial charge in [0.2, 0.25) is 0 Å². The van der Waals surface area contributed by atoms with Gasteiger partial charge in [-0.3, -0.25) is 9.98 Å². The minimum absolute atomic E-state index is 0.0120. The fourth-order valence-electron chi connectivity index (χ4n) is 3.68. The number of aromatic nitrogens is 1. The Morgan fingerprint density at radius 3 is 2.85 bits per heavy atom. The molecule has 0 N–H and O–H groups in total. The van der Waals surface area contributed by atoms with Gasteiger partial charge in [0.05, 0.1) is 23.4 Å². The van der Waals surface area contributed by atoms with E-state index < -0.39 is 0 Å². The van der Waals surface area contributed by atoms with Crippen molar-refractivity contribution in [3.05, 3.63) is 58.9 Å². The van der Waals surface area contributed by atoms with Crippen LogP contribution in [0.1, 0.15) is 43.6 Å². The maximum atomic E-state index is 6.49. The molecule has 0 radical (unpaired) electrons. The van der Waals surface area contributed by atoms with E-state index in [4.69, 9.17) is 21.3 Å². The molecule has 3 unspecified atom stereocenters. The van der Waals surface area contributed by atoms with Crippen molar-refractivity contribution in [3.63, 3.8) is 0 Å². The molecule has 136 valence electrons. The van der Waals surface area contributed by atoms with E-state index in [1.165, 1.54) is 0 Å². The number of rotatable bonds is 5. The molecule has 2 aliphatic rings. The van der Waals surface area contributed by atoms with Crippen LogP contribution in [0, 0.1) is 0 Å². The summed E-state index contributed by atoms with van der Waals surface area (Å²) in [5.74, 6) is 1.82. The highest BCUT2D eigenvalue weighted by Gasteiger charge is 2.45. The van der Waals surface area contributed by atoms with Crippen LogP contribution in [0.2, 0.25) is 5.02 Å². The lowest BCUT2D eigenvalue weighted by atomic mass is 9.95. The van der Waals surface area contributed by atoms with Crippen molar-refractivity contribution < 1.29 is 4.74 Å². The van der Waals surface area contributed by atoms with Gasteiger partial charge >= 0.3 is 0 Å². The summed E-state index contributed by atoms with van der Waals surface area (Å²) in [4.78, 5) is 12.1. The Labute approximate surface area is 163 Å². The first-order chi connectivity index (χ1) is 12.7. The van der Waals surface area contributed by atoms with E-state index in [9.17, 15) is 0 Å². The number of nitrogens with zero attached hydrogens (tertiary/aromatic N) is 3. The predicted molar refractivity (Wildman–Crippen MR) is 108 cm³/mol. The van der Waals surface area contributed by atoms with Gasteiger partial charge in [0.1, 0.15) is 11.8 Å². The summed E-state index contributed by atoms with van der Waals surface area (Å²) >= 11 is 8.34. The van der Waals surface area contributed by atoms with Crippen LogP contribution in [-0.4, -0.2) is 33.5 Å². The number of hydrogen-bond donors (Lipinski definition) is 0. The highest BCUT2D eigenvalue weighted by molar-refractivity contribution is 8.14. The third-order valence-corrected chi connectivity index (χ3v) is 6.35. The number of aliphatic imine (C=N–C) groups is 1.